The van der Waals surface area contributed by atoms with E-state index in [0.29, 0.717) is 22.1 Å². The van der Waals surface area contributed by atoms with Crippen molar-refractivity contribution in [2.75, 3.05) is 11.8 Å². The molecule has 0 spiro atoms. The van der Waals surface area contributed by atoms with E-state index in [1.165, 1.54) is 26.4 Å². The molecule has 13 heteroatoms. The van der Waals surface area contributed by atoms with Crippen molar-refractivity contribution in [3.63, 3.8) is 0 Å². The van der Waals surface area contributed by atoms with E-state index in [0.717, 1.165) is 5.39 Å². The normalized spacial score (nSPS) is 14.0. The van der Waals surface area contributed by atoms with Gasteiger partial charge in [-0.25, -0.2) is 18.4 Å². The van der Waals surface area contributed by atoms with Crippen LogP contribution in [-0.2, 0) is 14.8 Å². The van der Waals surface area contributed by atoms with Gasteiger partial charge in [-0.15, -0.1) is 10.2 Å². The molecule has 4 aromatic rings. The maximum atomic E-state index is 13.2. The second-order valence-electron chi connectivity index (χ2n) is 7.61. The number of rotatable bonds is 8. The van der Waals surface area contributed by atoms with Crippen LogP contribution in [0.4, 0.5) is 5.95 Å². The standard InChI is InChI=1S/C20H22ClN7O4S/c1-11(2)28-19(16-14-7-5-6-8-15(14)32-26-16)24-25-20(28)27-33(29,30)12(3)17(31-4)18-22-9-13(21)10-23-18/h5-12,17H,1-4H3,(H,25,27). The minimum Gasteiger partial charge on any atom is -0.372 e. The van der Waals surface area contributed by atoms with Crippen LogP contribution in [0.2, 0.25) is 5.02 Å². The molecule has 174 valence electrons. The number of nitrogens with zero attached hydrogens (tertiary/aromatic N) is 6. The summed E-state index contributed by atoms with van der Waals surface area (Å²) in [5.74, 6) is 0.621. The molecule has 0 aliphatic heterocycles. The summed E-state index contributed by atoms with van der Waals surface area (Å²) in [5, 5.41) is 12.4. The van der Waals surface area contributed by atoms with Gasteiger partial charge in [0, 0.05) is 25.5 Å². The largest absolute Gasteiger partial charge is 0.372 e. The van der Waals surface area contributed by atoms with Crippen LogP contribution in [0.1, 0.15) is 38.7 Å². The molecule has 1 aromatic carbocycles. The molecule has 1 N–H and O–H groups in total. The summed E-state index contributed by atoms with van der Waals surface area (Å²) in [4.78, 5) is 8.18. The number of sulfonamides is 1. The number of halogens is 1. The van der Waals surface area contributed by atoms with Crippen molar-refractivity contribution in [3.8, 4) is 11.5 Å². The number of hydrogen-bond acceptors (Lipinski definition) is 9. The van der Waals surface area contributed by atoms with Crippen molar-refractivity contribution < 1.29 is 17.7 Å². The van der Waals surface area contributed by atoms with Crippen molar-refractivity contribution in [2.45, 2.75) is 38.2 Å². The first-order valence-electron chi connectivity index (χ1n) is 10.0. The fraction of sp³-hybridized carbons (Fsp3) is 0.350. The van der Waals surface area contributed by atoms with Crippen LogP contribution >= 0.6 is 11.6 Å². The van der Waals surface area contributed by atoms with Gasteiger partial charge >= 0.3 is 0 Å². The van der Waals surface area contributed by atoms with Gasteiger partial charge in [-0.2, -0.15) is 0 Å². The first kappa shape index (κ1) is 23.1. The Hall–Kier alpha value is -3.09. The molecule has 3 heterocycles. The van der Waals surface area contributed by atoms with Crippen LogP contribution in [0, 0.1) is 0 Å². The molecular weight excluding hydrogens is 470 g/mol. The first-order valence-corrected chi connectivity index (χ1v) is 12.0. The van der Waals surface area contributed by atoms with Gasteiger partial charge in [0.15, 0.2) is 22.9 Å². The summed E-state index contributed by atoms with van der Waals surface area (Å²) in [6, 6.07) is 7.14. The van der Waals surface area contributed by atoms with Gasteiger partial charge in [0.2, 0.25) is 16.0 Å². The first-order chi connectivity index (χ1) is 15.7. The van der Waals surface area contributed by atoms with E-state index >= 15 is 0 Å². The summed E-state index contributed by atoms with van der Waals surface area (Å²) in [6.45, 7) is 5.27. The van der Waals surface area contributed by atoms with E-state index in [9.17, 15) is 8.42 Å². The van der Waals surface area contributed by atoms with Crippen molar-refractivity contribution >= 4 is 38.5 Å². The molecule has 0 radical (unpaired) electrons. The van der Waals surface area contributed by atoms with Gasteiger partial charge in [-0.05, 0) is 32.9 Å². The van der Waals surface area contributed by atoms with Crippen molar-refractivity contribution in [1.82, 2.24) is 29.9 Å². The fourth-order valence-corrected chi connectivity index (χ4v) is 4.65. The van der Waals surface area contributed by atoms with Crippen LogP contribution in [0.5, 0.6) is 0 Å². The predicted octanol–water partition coefficient (Wildman–Crippen LogP) is 3.63. The Balaban J connectivity index is 1.69. The Morgan fingerprint density at radius 1 is 1.12 bits per heavy atom. The minimum atomic E-state index is -3.99. The van der Waals surface area contributed by atoms with Crippen LogP contribution in [0.25, 0.3) is 22.5 Å². The molecule has 0 aliphatic rings. The number of aromatic nitrogens is 6. The van der Waals surface area contributed by atoms with E-state index < -0.39 is 21.4 Å². The molecule has 33 heavy (non-hydrogen) atoms. The average molecular weight is 492 g/mol. The average Bonchev–Trinajstić information content (AvgIpc) is 3.39. The maximum absolute atomic E-state index is 13.2. The number of ether oxygens (including phenoxy) is 1. The van der Waals surface area contributed by atoms with Gasteiger partial charge in [0.1, 0.15) is 11.4 Å². The third-order valence-corrected chi connectivity index (χ3v) is 6.99. The number of para-hydroxylation sites is 1. The van der Waals surface area contributed by atoms with Gasteiger partial charge in [0.25, 0.3) is 0 Å². The van der Waals surface area contributed by atoms with E-state index in [1.54, 1.807) is 10.6 Å². The van der Waals surface area contributed by atoms with Crippen molar-refractivity contribution in [2.24, 2.45) is 0 Å². The Labute approximate surface area is 195 Å². The summed E-state index contributed by atoms with van der Waals surface area (Å²) < 4.78 is 41.4. The lowest BCUT2D eigenvalue weighted by Crippen LogP contribution is -2.33. The van der Waals surface area contributed by atoms with Crippen molar-refractivity contribution in [1.29, 1.82) is 0 Å². The lowest BCUT2D eigenvalue weighted by Gasteiger charge is -2.22. The molecule has 0 saturated heterocycles. The monoisotopic (exact) mass is 491 g/mol. The van der Waals surface area contributed by atoms with Crippen LogP contribution in [-0.4, -0.2) is 50.7 Å². The van der Waals surface area contributed by atoms with Crippen LogP contribution in [0.15, 0.2) is 41.2 Å². The SMILES string of the molecule is COC(c1ncc(Cl)cn1)C(C)S(=O)(=O)Nc1nnc(-c2noc3ccccc23)n1C(C)C. The topological polar surface area (TPSA) is 138 Å². The molecule has 0 aliphatic carbocycles. The maximum Gasteiger partial charge on any atom is 0.240 e. The molecule has 0 saturated carbocycles. The van der Waals surface area contributed by atoms with Crippen molar-refractivity contribution in [3.05, 3.63) is 47.5 Å². The second-order valence-corrected chi connectivity index (χ2v) is 10.1. The lowest BCUT2D eigenvalue weighted by molar-refractivity contribution is 0.0950. The number of nitrogens with one attached hydrogen (secondary N) is 1. The smallest absolute Gasteiger partial charge is 0.240 e. The summed E-state index contributed by atoms with van der Waals surface area (Å²) >= 11 is 5.84. The summed E-state index contributed by atoms with van der Waals surface area (Å²) in [7, 11) is -2.60. The molecule has 2 atom stereocenters. The zero-order chi connectivity index (χ0) is 23.8. The molecular formula is C20H22ClN7O4S. The molecule has 0 fully saturated rings. The highest BCUT2D eigenvalue weighted by atomic mass is 35.5. The molecule has 0 bridgehead atoms. The van der Waals surface area contributed by atoms with Gasteiger partial charge in [-0.3, -0.25) is 9.29 Å². The number of fused-ring (bicyclic) bond motifs is 1. The highest BCUT2D eigenvalue weighted by Gasteiger charge is 2.34. The Morgan fingerprint density at radius 3 is 2.48 bits per heavy atom. The minimum absolute atomic E-state index is 0.0470. The van der Waals surface area contributed by atoms with Crippen LogP contribution < -0.4 is 4.72 Å². The Bertz CT molecular complexity index is 1370. The summed E-state index contributed by atoms with van der Waals surface area (Å²) in [6.07, 6.45) is 1.83. The highest BCUT2D eigenvalue weighted by molar-refractivity contribution is 7.93. The molecule has 2 unspecified atom stereocenters. The van der Waals surface area contributed by atoms with Gasteiger partial charge < -0.3 is 9.26 Å². The quantitative estimate of drug-likeness (QED) is 0.391. The molecule has 11 nitrogen and oxygen atoms in total. The third-order valence-electron chi connectivity index (χ3n) is 5.10. The van der Waals surface area contributed by atoms with E-state index in [1.807, 2.05) is 32.0 Å². The zero-order valence-corrected chi connectivity index (χ0v) is 19.9. The predicted molar refractivity (Wildman–Crippen MR) is 122 cm³/mol. The van der Waals surface area contributed by atoms with Gasteiger partial charge in [-0.1, -0.05) is 28.9 Å². The number of anilines is 1. The Kier molecular flexibility index (Phi) is 6.32. The van der Waals surface area contributed by atoms with E-state index in [-0.39, 0.29) is 17.8 Å². The highest BCUT2D eigenvalue weighted by Crippen LogP contribution is 2.31. The summed E-state index contributed by atoms with van der Waals surface area (Å²) in [5.41, 5.74) is 1.06. The third kappa shape index (κ3) is 4.41. The van der Waals surface area contributed by atoms with Crippen LogP contribution in [0.3, 0.4) is 0 Å². The molecule has 4 rings (SSSR count). The number of methoxy groups -OCH3 is 1. The number of benzene rings is 1. The Morgan fingerprint density at radius 2 is 1.82 bits per heavy atom. The number of hydrogen-bond donors (Lipinski definition) is 1. The molecule has 3 aromatic heterocycles. The van der Waals surface area contributed by atoms with Gasteiger partial charge in [0.05, 0.1) is 10.4 Å². The zero-order valence-electron chi connectivity index (χ0n) is 18.3. The van der Waals surface area contributed by atoms with E-state index in [2.05, 4.69) is 30.0 Å². The lowest BCUT2D eigenvalue weighted by atomic mass is 10.2. The van der Waals surface area contributed by atoms with E-state index in [4.69, 9.17) is 20.9 Å². The fourth-order valence-electron chi connectivity index (χ4n) is 3.42. The molecule has 0 amide bonds. The second kappa shape index (κ2) is 9.04.